The van der Waals surface area contributed by atoms with E-state index in [1.165, 1.54) is 0 Å². The van der Waals surface area contributed by atoms with Crippen LogP contribution in [0.3, 0.4) is 0 Å². The predicted molar refractivity (Wildman–Crippen MR) is 129 cm³/mol. The molecule has 3 saturated heterocycles. The smallest absolute Gasteiger partial charge is 0.248 e. The lowest BCUT2D eigenvalue weighted by atomic mass is 10.4. The zero-order chi connectivity index (χ0) is 25.7. The van der Waals surface area contributed by atoms with Crippen molar-refractivity contribution in [3.05, 3.63) is 12.7 Å². The summed E-state index contributed by atoms with van der Waals surface area (Å²) in [5.41, 5.74) is 0. The Balaban J connectivity index is 2.09. The van der Waals surface area contributed by atoms with Crippen molar-refractivity contribution < 1.29 is 47.5 Å². The fraction of sp³-hybridized carbons (Fsp3) is 0.833. The molecule has 1 atom stereocenters. The first-order chi connectivity index (χ1) is 17.7. The molecule has 3 aliphatic rings. The number of rotatable bonds is 4. The van der Waals surface area contributed by atoms with E-state index >= 15 is 0 Å². The summed E-state index contributed by atoms with van der Waals surface area (Å²) in [6.07, 6.45) is 1.10. The molecule has 3 heterocycles. The van der Waals surface area contributed by atoms with Gasteiger partial charge in [0.1, 0.15) is 19.3 Å². The number of ether oxygens (including phenoxy) is 8. The van der Waals surface area contributed by atoms with Gasteiger partial charge in [-0.15, -0.1) is 6.58 Å². The zero-order valence-corrected chi connectivity index (χ0v) is 21.3. The van der Waals surface area contributed by atoms with E-state index in [-0.39, 0.29) is 38.2 Å². The zero-order valence-electron chi connectivity index (χ0n) is 21.3. The average molecular weight is 519 g/mol. The van der Waals surface area contributed by atoms with Crippen molar-refractivity contribution in [2.75, 3.05) is 125 Å². The standard InChI is InChI=1S/C24H42N2O10/c1-2-7-34-18-22-19-35-20-23(27)25-3-8-29-12-13-30-10-5-26(24(28)21-36-22)6-11-32-15-17-33-16-14-31-9-4-25/h2,22H,1,3-21H2. The lowest BCUT2D eigenvalue weighted by molar-refractivity contribution is -0.147. The van der Waals surface area contributed by atoms with Crippen LogP contribution in [0.25, 0.3) is 0 Å². The first-order valence-corrected chi connectivity index (χ1v) is 12.5. The Hall–Kier alpha value is -1.64. The van der Waals surface area contributed by atoms with Crippen LogP contribution in [0.15, 0.2) is 12.7 Å². The van der Waals surface area contributed by atoms with Crippen LogP contribution in [0.2, 0.25) is 0 Å². The summed E-state index contributed by atoms with van der Waals surface area (Å²) >= 11 is 0. The summed E-state index contributed by atoms with van der Waals surface area (Å²) in [5.74, 6) is -0.387. The molecule has 0 aromatic heterocycles. The molecule has 3 aliphatic heterocycles. The summed E-state index contributed by atoms with van der Waals surface area (Å²) < 4.78 is 45.0. The molecule has 0 aliphatic carbocycles. The molecule has 1 unspecified atom stereocenters. The first-order valence-electron chi connectivity index (χ1n) is 12.5. The summed E-state index contributed by atoms with van der Waals surface area (Å²) in [6.45, 7) is 9.48. The second-order valence-corrected chi connectivity index (χ2v) is 8.10. The van der Waals surface area contributed by atoms with E-state index in [0.29, 0.717) is 98.9 Å². The van der Waals surface area contributed by atoms with Crippen LogP contribution in [0, 0.1) is 0 Å². The van der Waals surface area contributed by atoms with E-state index in [9.17, 15) is 9.59 Å². The van der Waals surface area contributed by atoms with Gasteiger partial charge >= 0.3 is 0 Å². The van der Waals surface area contributed by atoms with Crippen molar-refractivity contribution in [2.24, 2.45) is 0 Å². The Labute approximate surface area is 213 Å². The number of fused-ring (bicyclic) bond motifs is 24. The summed E-state index contributed by atoms with van der Waals surface area (Å²) in [4.78, 5) is 29.0. The SMILES string of the molecule is C=CCOCC1COCC(=O)N2CCOCCOCCOCCN(CCOCCOCC2)C(=O)CO1. The highest BCUT2D eigenvalue weighted by Gasteiger charge is 2.20. The first kappa shape index (κ1) is 30.6. The minimum atomic E-state index is -0.527. The van der Waals surface area contributed by atoms with Crippen LogP contribution in [0.1, 0.15) is 0 Å². The maximum Gasteiger partial charge on any atom is 0.248 e. The number of hydrogen-bond acceptors (Lipinski definition) is 10. The Morgan fingerprint density at radius 1 is 0.694 bits per heavy atom. The Kier molecular flexibility index (Phi) is 17.3. The lowest BCUT2D eigenvalue weighted by Crippen LogP contribution is -2.42. The lowest BCUT2D eigenvalue weighted by Gasteiger charge is -2.25. The maximum atomic E-state index is 12.9. The molecule has 2 amide bonds. The van der Waals surface area contributed by atoms with Crippen molar-refractivity contribution in [1.82, 2.24) is 9.80 Å². The molecule has 12 nitrogen and oxygen atoms in total. The molecule has 0 radical (unpaired) electrons. The number of nitrogens with zero attached hydrogens (tertiary/aromatic N) is 2. The molecule has 3 rings (SSSR count). The van der Waals surface area contributed by atoms with E-state index in [1.807, 2.05) is 0 Å². The molecule has 0 N–H and O–H groups in total. The second kappa shape index (κ2) is 20.4. The van der Waals surface area contributed by atoms with E-state index in [1.54, 1.807) is 15.9 Å². The van der Waals surface area contributed by atoms with Crippen LogP contribution in [0.5, 0.6) is 0 Å². The summed E-state index contributed by atoms with van der Waals surface area (Å²) in [5, 5.41) is 0. The number of hydrogen-bond donors (Lipinski definition) is 0. The Morgan fingerprint density at radius 2 is 1.14 bits per heavy atom. The molecule has 0 aromatic rings. The Bertz CT molecular complexity index is 605. The van der Waals surface area contributed by atoms with Gasteiger partial charge in [-0.05, 0) is 0 Å². The third-order valence-corrected chi connectivity index (χ3v) is 5.35. The van der Waals surface area contributed by atoms with Crippen molar-refractivity contribution in [3.63, 3.8) is 0 Å². The quantitative estimate of drug-likeness (QED) is 0.270. The van der Waals surface area contributed by atoms with Gasteiger partial charge in [-0.2, -0.15) is 0 Å². The normalized spacial score (nSPS) is 24.4. The van der Waals surface area contributed by atoms with E-state index in [4.69, 9.17) is 37.9 Å². The molecule has 0 aromatic carbocycles. The molecular weight excluding hydrogens is 476 g/mol. The minimum Gasteiger partial charge on any atom is -0.377 e. The minimum absolute atomic E-state index is 0.0978. The van der Waals surface area contributed by atoms with Gasteiger partial charge in [-0.25, -0.2) is 0 Å². The van der Waals surface area contributed by atoms with Gasteiger partial charge in [0.15, 0.2) is 0 Å². The highest BCUT2D eigenvalue weighted by molar-refractivity contribution is 5.77. The number of carbonyl (C=O) groups is 2. The van der Waals surface area contributed by atoms with Gasteiger partial charge in [0.25, 0.3) is 0 Å². The van der Waals surface area contributed by atoms with Crippen LogP contribution in [0.4, 0.5) is 0 Å². The van der Waals surface area contributed by atoms with E-state index in [2.05, 4.69) is 6.58 Å². The van der Waals surface area contributed by atoms with Gasteiger partial charge in [-0.3, -0.25) is 9.59 Å². The monoisotopic (exact) mass is 518 g/mol. The second-order valence-electron chi connectivity index (χ2n) is 8.10. The van der Waals surface area contributed by atoms with E-state index in [0.717, 1.165) is 0 Å². The molecule has 2 bridgehead atoms. The van der Waals surface area contributed by atoms with Gasteiger partial charge in [0, 0.05) is 26.2 Å². The fourth-order valence-corrected chi connectivity index (χ4v) is 3.36. The van der Waals surface area contributed by atoms with Crippen molar-refractivity contribution in [2.45, 2.75) is 6.10 Å². The van der Waals surface area contributed by atoms with Crippen molar-refractivity contribution >= 4 is 11.8 Å². The van der Waals surface area contributed by atoms with Crippen LogP contribution in [-0.4, -0.2) is 153 Å². The van der Waals surface area contributed by atoms with Crippen molar-refractivity contribution in [1.29, 1.82) is 0 Å². The molecule has 0 spiro atoms. The molecular formula is C24H42N2O10. The van der Waals surface area contributed by atoms with Crippen molar-refractivity contribution in [3.8, 4) is 0 Å². The molecule has 12 heteroatoms. The van der Waals surface area contributed by atoms with E-state index < -0.39 is 6.10 Å². The third kappa shape index (κ3) is 14.2. The van der Waals surface area contributed by atoms with Crippen LogP contribution in [-0.2, 0) is 47.5 Å². The van der Waals surface area contributed by atoms with Crippen LogP contribution >= 0.6 is 0 Å². The predicted octanol–water partition coefficient (Wildman–Crippen LogP) is -0.642. The van der Waals surface area contributed by atoms with Gasteiger partial charge < -0.3 is 47.7 Å². The largest absolute Gasteiger partial charge is 0.377 e. The molecule has 208 valence electrons. The highest BCUT2D eigenvalue weighted by atomic mass is 16.6. The average Bonchev–Trinajstić information content (AvgIpc) is 2.87. The van der Waals surface area contributed by atoms with Gasteiger partial charge in [-0.1, -0.05) is 6.08 Å². The Morgan fingerprint density at radius 3 is 1.61 bits per heavy atom. The summed E-state index contributed by atoms with van der Waals surface area (Å²) in [6, 6.07) is 0. The van der Waals surface area contributed by atoms with Gasteiger partial charge in [0.05, 0.1) is 85.9 Å². The topological polar surface area (TPSA) is 114 Å². The maximum absolute atomic E-state index is 12.9. The molecule has 0 saturated carbocycles. The summed E-state index contributed by atoms with van der Waals surface area (Å²) in [7, 11) is 0. The number of carbonyl (C=O) groups excluding carboxylic acids is 2. The highest BCUT2D eigenvalue weighted by Crippen LogP contribution is 2.02. The number of amides is 2. The van der Waals surface area contributed by atoms with Gasteiger partial charge in [0.2, 0.25) is 11.8 Å². The third-order valence-electron chi connectivity index (χ3n) is 5.35. The van der Waals surface area contributed by atoms with Crippen LogP contribution < -0.4 is 0 Å². The molecule has 36 heavy (non-hydrogen) atoms. The molecule has 3 fully saturated rings. The fourth-order valence-electron chi connectivity index (χ4n) is 3.36.